The van der Waals surface area contributed by atoms with Crippen LogP contribution in [0.4, 0.5) is 0 Å². The monoisotopic (exact) mass is 385 g/mol. The molecule has 0 fully saturated rings. The van der Waals surface area contributed by atoms with Crippen molar-refractivity contribution in [2.75, 3.05) is 19.6 Å². The van der Waals surface area contributed by atoms with Gasteiger partial charge in [0.1, 0.15) is 12.4 Å². The van der Waals surface area contributed by atoms with Gasteiger partial charge in [-0.1, -0.05) is 19.1 Å². The zero-order valence-corrected chi connectivity index (χ0v) is 15.9. The molecular formula is C18H25Cl2N3O2. The molecule has 1 aromatic carbocycles. The summed E-state index contributed by atoms with van der Waals surface area (Å²) in [6.45, 7) is 4.90. The van der Waals surface area contributed by atoms with Gasteiger partial charge in [-0.15, -0.1) is 24.8 Å². The third-order valence-electron chi connectivity index (χ3n) is 3.24. The number of hydrogen-bond donors (Lipinski definition) is 2. The van der Waals surface area contributed by atoms with Crippen LogP contribution in [-0.2, 0) is 6.61 Å². The number of hydrogen-bond acceptors (Lipinski definition) is 4. The molecule has 25 heavy (non-hydrogen) atoms. The van der Waals surface area contributed by atoms with Crippen LogP contribution in [0.15, 0.2) is 48.8 Å². The first-order valence-corrected chi connectivity index (χ1v) is 7.90. The van der Waals surface area contributed by atoms with Crippen LogP contribution < -0.4 is 15.4 Å². The molecule has 1 heterocycles. The summed E-state index contributed by atoms with van der Waals surface area (Å²) in [4.78, 5) is 16.1. The minimum Gasteiger partial charge on any atom is -0.489 e. The first-order chi connectivity index (χ1) is 11.3. The Morgan fingerprint density at radius 3 is 2.68 bits per heavy atom. The SMILES string of the molecule is CCCNCCNC(=O)c1cccc(OCc2cccnc2)c1.Cl.Cl. The van der Waals surface area contributed by atoms with Gasteiger partial charge in [-0.25, -0.2) is 0 Å². The van der Waals surface area contributed by atoms with Crippen LogP contribution in [0.2, 0.25) is 0 Å². The molecule has 0 aliphatic heterocycles. The molecular weight excluding hydrogens is 361 g/mol. The minimum absolute atomic E-state index is 0. The normalized spacial score (nSPS) is 9.48. The number of carbonyl (C=O) groups excluding carboxylic acids is 1. The zero-order valence-electron chi connectivity index (χ0n) is 14.2. The summed E-state index contributed by atoms with van der Waals surface area (Å²) in [7, 11) is 0. The fraction of sp³-hybridized carbons (Fsp3) is 0.333. The Morgan fingerprint density at radius 2 is 1.96 bits per heavy atom. The van der Waals surface area contributed by atoms with Crippen molar-refractivity contribution in [3.63, 3.8) is 0 Å². The van der Waals surface area contributed by atoms with Gasteiger partial charge in [-0.05, 0) is 37.2 Å². The zero-order chi connectivity index (χ0) is 16.3. The van der Waals surface area contributed by atoms with Gasteiger partial charge >= 0.3 is 0 Å². The molecule has 2 aromatic rings. The van der Waals surface area contributed by atoms with Crippen LogP contribution >= 0.6 is 24.8 Å². The van der Waals surface area contributed by atoms with E-state index in [2.05, 4.69) is 22.5 Å². The van der Waals surface area contributed by atoms with Crippen molar-refractivity contribution < 1.29 is 9.53 Å². The maximum absolute atomic E-state index is 12.1. The van der Waals surface area contributed by atoms with Crippen molar-refractivity contribution in [2.45, 2.75) is 20.0 Å². The minimum atomic E-state index is -0.0878. The molecule has 0 aliphatic carbocycles. The highest BCUT2D eigenvalue weighted by Crippen LogP contribution is 2.15. The number of nitrogens with zero attached hydrogens (tertiary/aromatic N) is 1. The molecule has 1 amide bonds. The van der Waals surface area contributed by atoms with Crippen LogP contribution in [0.5, 0.6) is 5.75 Å². The summed E-state index contributed by atoms with van der Waals surface area (Å²) in [5.74, 6) is 0.584. The highest BCUT2D eigenvalue weighted by Gasteiger charge is 2.06. The summed E-state index contributed by atoms with van der Waals surface area (Å²) in [6, 6.07) is 11.0. The van der Waals surface area contributed by atoms with Gasteiger partial charge in [-0.2, -0.15) is 0 Å². The van der Waals surface area contributed by atoms with Crippen molar-refractivity contribution in [1.29, 1.82) is 0 Å². The second-order valence-electron chi connectivity index (χ2n) is 5.18. The standard InChI is InChI=1S/C18H23N3O2.2ClH/c1-2-8-19-10-11-21-18(22)16-6-3-7-17(12-16)23-14-15-5-4-9-20-13-15;;/h3-7,9,12-13,19H,2,8,10-11,14H2,1H3,(H,21,22);2*1H. The lowest BCUT2D eigenvalue weighted by atomic mass is 10.2. The fourth-order valence-corrected chi connectivity index (χ4v) is 2.05. The number of pyridine rings is 1. The van der Waals surface area contributed by atoms with Gasteiger partial charge in [0.05, 0.1) is 0 Å². The van der Waals surface area contributed by atoms with E-state index in [-0.39, 0.29) is 30.7 Å². The maximum atomic E-state index is 12.1. The van der Waals surface area contributed by atoms with Gasteiger partial charge in [0, 0.05) is 36.6 Å². The fourth-order valence-electron chi connectivity index (χ4n) is 2.05. The number of benzene rings is 1. The Morgan fingerprint density at radius 1 is 1.12 bits per heavy atom. The predicted octanol–water partition coefficient (Wildman–Crippen LogP) is 3.23. The molecule has 7 heteroatoms. The largest absolute Gasteiger partial charge is 0.489 e. The van der Waals surface area contributed by atoms with E-state index in [1.54, 1.807) is 24.5 Å². The van der Waals surface area contributed by atoms with Crippen LogP contribution in [0.3, 0.4) is 0 Å². The molecule has 1 aromatic heterocycles. The number of nitrogens with one attached hydrogen (secondary N) is 2. The summed E-state index contributed by atoms with van der Waals surface area (Å²) in [5.41, 5.74) is 1.59. The summed E-state index contributed by atoms with van der Waals surface area (Å²) in [6.07, 6.45) is 4.58. The van der Waals surface area contributed by atoms with E-state index in [1.165, 1.54) is 0 Å². The molecule has 0 radical (unpaired) electrons. The van der Waals surface area contributed by atoms with E-state index < -0.39 is 0 Å². The van der Waals surface area contributed by atoms with Gasteiger partial charge in [0.2, 0.25) is 0 Å². The van der Waals surface area contributed by atoms with E-state index in [0.717, 1.165) is 25.1 Å². The second-order valence-corrected chi connectivity index (χ2v) is 5.18. The number of amides is 1. The lowest BCUT2D eigenvalue weighted by molar-refractivity contribution is 0.0953. The van der Waals surface area contributed by atoms with Crippen LogP contribution in [0.1, 0.15) is 29.3 Å². The smallest absolute Gasteiger partial charge is 0.251 e. The first-order valence-electron chi connectivity index (χ1n) is 7.90. The van der Waals surface area contributed by atoms with Crippen molar-refractivity contribution >= 4 is 30.7 Å². The Hall–Kier alpha value is -1.82. The summed E-state index contributed by atoms with van der Waals surface area (Å²) < 4.78 is 5.71. The Kier molecular flexibility index (Phi) is 12.5. The average molecular weight is 386 g/mol. The molecule has 0 unspecified atom stereocenters. The van der Waals surface area contributed by atoms with Crippen molar-refractivity contribution in [3.8, 4) is 5.75 Å². The second kappa shape index (κ2) is 13.5. The van der Waals surface area contributed by atoms with Crippen LogP contribution in [0, 0.1) is 0 Å². The van der Waals surface area contributed by atoms with Crippen LogP contribution in [-0.4, -0.2) is 30.5 Å². The molecule has 2 rings (SSSR count). The van der Waals surface area contributed by atoms with Crippen molar-refractivity contribution in [1.82, 2.24) is 15.6 Å². The Labute approximate surface area is 161 Å². The van der Waals surface area contributed by atoms with Gasteiger partial charge in [0.15, 0.2) is 0 Å². The Balaban J connectivity index is 0.00000288. The molecule has 5 nitrogen and oxygen atoms in total. The molecule has 138 valence electrons. The quantitative estimate of drug-likeness (QED) is 0.650. The van der Waals surface area contributed by atoms with Gasteiger partial charge in [-0.3, -0.25) is 9.78 Å². The molecule has 0 bridgehead atoms. The lowest BCUT2D eigenvalue weighted by Crippen LogP contribution is -2.32. The predicted molar refractivity (Wildman–Crippen MR) is 105 cm³/mol. The molecule has 2 N–H and O–H groups in total. The first kappa shape index (κ1) is 23.2. The third-order valence-corrected chi connectivity index (χ3v) is 3.24. The topological polar surface area (TPSA) is 63.2 Å². The molecule has 0 spiro atoms. The average Bonchev–Trinajstić information content (AvgIpc) is 2.61. The van der Waals surface area contributed by atoms with Crippen molar-refractivity contribution in [3.05, 3.63) is 59.9 Å². The van der Waals surface area contributed by atoms with E-state index in [1.807, 2.05) is 24.3 Å². The van der Waals surface area contributed by atoms with E-state index in [0.29, 0.717) is 24.5 Å². The number of aromatic nitrogens is 1. The van der Waals surface area contributed by atoms with E-state index in [9.17, 15) is 4.79 Å². The summed E-state index contributed by atoms with van der Waals surface area (Å²) in [5, 5.41) is 6.14. The van der Waals surface area contributed by atoms with E-state index >= 15 is 0 Å². The maximum Gasteiger partial charge on any atom is 0.251 e. The highest BCUT2D eigenvalue weighted by molar-refractivity contribution is 5.94. The van der Waals surface area contributed by atoms with E-state index in [4.69, 9.17) is 4.74 Å². The van der Waals surface area contributed by atoms with Gasteiger partial charge < -0.3 is 15.4 Å². The Bertz CT molecular complexity index is 612. The third kappa shape index (κ3) is 8.72. The highest BCUT2D eigenvalue weighted by atomic mass is 35.5. The van der Waals surface area contributed by atoms with Crippen molar-refractivity contribution in [2.24, 2.45) is 0 Å². The summed E-state index contributed by atoms with van der Waals surface area (Å²) >= 11 is 0. The lowest BCUT2D eigenvalue weighted by Gasteiger charge is -2.09. The number of carbonyl (C=O) groups is 1. The van der Waals surface area contributed by atoms with Crippen LogP contribution in [0.25, 0.3) is 0 Å². The number of halogens is 2. The molecule has 0 atom stereocenters. The molecule has 0 saturated heterocycles. The molecule has 0 aliphatic rings. The molecule has 0 saturated carbocycles. The number of ether oxygens (including phenoxy) is 1. The van der Waals surface area contributed by atoms with Gasteiger partial charge in [0.25, 0.3) is 5.91 Å². The number of rotatable bonds is 9.